The summed E-state index contributed by atoms with van der Waals surface area (Å²) in [7, 11) is 10.5. The van der Waals surface area contributed by atoms with Crippen LogP contribution in [0.1, 0.15) is 119 Å². The van der Waals surface area contributed by atoms with Crippen LogP contribution in [0.2, 0.25) is 0 Å². The van der Waals surface area contributed by atoms with Gasteiger partial charge in [0.1, 0.15) is 11.4 Å². The number of carbonyl (C=O) groups is 5. The summed E-state index contributed by atoms with van der Waals surface area (Å²) >= 11 is 4.90. The zero-order chi connectivity index (χ0) is 63.8. The second-order valence-corrected chi connectivity index (χ2v) is 27.0. The van der Waals surface area contributed by atoms with Crippen molar-refractivity contribution in [1.29, 1.82) is 0 Å². The molecule has 12 rings (SSSR count). The van der Waals surface area contributed by atoms with Gasteiger partial charge >= 0.3 is 23.5 Å². The van der Waals surface area contributed by atoms with Crippen LogP contribution in [0.3, 0.4) is 0 Å². The number of para-hydroxylation sites is 3. The highest BCUT2D eigenvalue weighted by atomic mass is 35.5. The zero-order valence-electron chi connectivity index (χ0n) is 54.6. The molecule has 5 aromatic carbocycles. The minimum absolute atomic E-state index is 0.0822. The van der Waals surface area contributed by atoms with E-state index in [1.165, 1.54) is 90.9 Å². The number of ether oxygens (including phenoxy) is 1. The van der Waals surface area contributed by atoms with E-state index in [4.69, 9.17) is 16.3 Å². The van der Waals surface area contributed by atoms with E-state index in [2.05, 4.69) is 148 Å². The molecule has 7 heterocycles. The maximum atomic E-state index is 12.6. The monoisotopic (exact) mass is 1230 g/mol. The van der Waals surface area contributed by atoms with Crippen molar-refractivity contribution < 1.29 is 28.7 Å². The van der Waals surface area contributed by atoms with Gasteiger partial charge in [-0.3, -0.25) is 29.2 Å². The second kappa shape index (κ2) is 31.2. The normalized spacial score (nSPS) is 18.8. The van der Waals surface area contributed by atoms with Gasteiger partial charge in [-0.25, -0.2) is 14.4 Å². The molecule has 480 valence electrons. The maximum absolute atomic E-state index is 12.6. The van der Waals surface area contributed by atoms with Crippen LogP contribution < -0.4 is 20.4 Å². The van der Waals surface area contributed by atoms with Crippen LogP contribution in [0, 0.1) is 0 Å². The third-order valence-corrected chi connectivity index (χ3v) is 19.2. The van der Waals surface area contributed by atoms with E-state index >= 15 is 0 Å². The SMILES string of the molecule is CC(C)(C)OC(=O)N1CCC(=O)CC1.CN(C)C(=O)Cl.CN(C)C(=O)N1CCC2(CCN(Cc3ccccc3)CC2)c2ccccc21.CN(C)C(=O)N1CCC2(CCNCC2)c2ccccc21.c1ccc(CN2CCC3(CCNc4ccccc43)CC2)cc1. The third kappa shape index (κ3) is 17.9. The van der Waals surface area contributed by atoms with E-state index in [0.717, 1.165) is 83.1 Å². The molecular formula is C72H99ClN10O6. The lowest BCUT2D eigenvalue weighted by Gasteiger charge is -2.48. The van der Waals surface area contributed by atoms with Crippen LogP contribution in [0.15, 0.2) is 133 Å². The van der Waals surface area contributed by atoms with Crippen molar-refractivity contribution in [3.8, 4) is 0 Å². The van der Waals surface area contributed by atoms with Crippen molar-refractivity contribution in [3.63, 3.8) is 0 Å². The smallest absolute Gasteiger partial charge is 0.410 e. The number of carbonyl (C=O) groups excluding carboxylic acids is 5. The Morgan fingerprint density at radius 3 is 1.28 bits per heavy atom. The topological polar surface area (TPSA) is 145 Å². The summed E-state index contributed by atoms with van der Waals surface area (Å²) in [6, 6.07) is 47.7. The lowest BCUT2D eigenvalue weighted by atomic mass is 9.68. The Balaban J connectivity index is 0.000000152. The van der Waals surface area contributed by atoms with Gasteiger partial charge in [-0.15, -0.1) is 0 Å². The first-order valence-electron chi connectivity index (χ1n) is 32.2. The summed E-state index contributed by atoms with van der Waals surface area (Å²) in [5.41, 5.74) is 11.1. The lowest BCUT2D eigenvalue weighted by Crippen LogP contribution is -2.50. The number of anilines is 3. The van der Waals surface area contributed by atoms with Gasteiger partial charge in [-0.05, 0) is 175 Å². The summed E-state index contributed by atoms with van der Waals surface area (Å²) in [5, 5.41) is 6.59. The van der Waals surface area contributed by atoms with Crippen molar-refractivity contribution in [3.05, 3.63) is 161 Å². The number of fused-ring (bicyclic) bond motifs is 6. The molecule has 16 nitrogen and oxygen atoms in total. The minimum atomic E-state index is -0.460. The first-order chi connectivity index (χ1) is 42.6. The van der Waals surface area contributed by atoms with E-state index in [0.29, 0.717) is 31.3 Å². The number of nitrogens with zero attached hydrogens (tertiary/aromatic N) is 8. The van der Waals surface area contributed by atoms with Gasteiger partial charge in [0, 0.05) is 134 Å². The van der Waals surface area contributed by atoms with E-state index in [1.807, 2.05) is 64.8 Å². The molecule has 7 aliphatic heterocycles. The van der Waals surface area contributed by atoms with Crippen molar-refractivity contribution >= 4 is 58.0 Å². The Bertz CT molecular complexity index is 3100. The molecule has 89 heavy (non-hydrogen) atoms. The van der Waals surface area contributed by atoms with Crippen LogP contribution >= 0.6 is 11.6 Å². The zero-order valence-corrected chi connectivity index (χ0v) is 55.3. The largest absolute Gasteiger partial charge is 0.444 e. The minimum Gasteiger partial charge on any atom is -0.444 e. The van der Waals surface area contributed by atoms with E-state index < -0.39 is 11.0 Å². The van der Waals surface area contributed by atoms with Gasteiger partial charge in [0.05, 0.1) is 0 Å². The molecule has 4 fully saturated rings. The summed E-state index contributed by atoms with van der Waals surface area (Å²) in [6.45, 7) is 18.2. The van der Waals surface area contributed by atoms with E-state index in [-0.39, 0.29) is 34.8 Å². The van der Waals surface area contributed by atoms with Gasteiger partial charge < -0.3 is 35.0 Å². The fraction of sp³-hybridized carbons (Fsp3) is 0.514. The number of urea groups is 2. The molecule has 7 aliphatic rings. The summed E-state index contributed by atoms with van der Waals surface area (Å²) in [6.07, 6.45) is 11.3. The van der Waals surface area contributed by atoms with Crippen LogP contribution in [-0.2, 0) is 38.9 Å². The quantitative estimate of drug-likeness (QED) is 0.132. The molecule has 3 spiro atoms. The van der Waals surface area contributed by atoms with Crippen molar-refractivity contribution in [1.82, 2.24) is 34.7 Å². The van der Waals surface area contributed by atoms with Gasteiger partial charge in [-0.1, -0.05) is 115 Å². The van der Waals surface area contributed by atoms with Gasteiger partial charge in [0.15, 0.2) is 0 Å². The number of Topliss-reactive ketones (excluding diaryl/α,β-unsaturated/α-hetero) is 1. The summed E-state index contributed by atoms with van der Waals surface area (Å²) < 4.78 is 5.19. The number of hydrogen-bond acceptors (Lipinski definition) is 10. The molecule has 6 amide bonds. The fourth-order valence-electron chi connectivity index (χ4n) is 13.7. The highest BCUT2D eigenvalue weighted by Crippen LogP contribution is 2.48. The molecule has 0 saturated carbocycles. The molecule has 0 unspecified atom stereocenters. The summed E-state index contributed by atoms with van der Waals surface area (Å²) in [5.74, 6) is 0.227. The van der Waals surface area contributed by atoms with Gasteiger partial charge in [-0.2, -0.15) is 0 Å². The predicted octanol–water partition coefficient (Wildman–Crippen LogP) is 12.8. The molecular weight excluding hydrogens is 1140 g/mol. The Kier molecular flexibility index (Phi) is 23.8. The highest BCUT2D eigenvalue weighted by Gasteiger charge is 2.44. The first-order valence-corrected chi connectivity index (χ1v) is 32.6. The number of rotatable bonds is 4. The number of hydrogen-bond donors (Lipinski definition) is 2. The van der Waals surface area contributed by atoms with Crippen molar-refractivity contribution in [2.75, 3.05) is 129 Å². The van der Waals surface area contributed by atoms with Gasteiger partial charge in [0.2, 0.25) is 0 Å². The Hall–Kier alpha value is -6.98. The number of amides is 6. The number of piperidine rings is 4. The molecule has 17 heteroatoms. The summed E-state index contributed by atoms with van der Waals surface area (Å²) in [4.78, 5) is 72.6. The number of nitrogens with one attached hydrogen (secondary N) is 2. The number of likely N-dealkylation sites (tertiary alicyclic amines) is 3. The fourth-order valence-corrected chi connectivity index (χ4v) is 13.7. The van der Waals surface area contributed by atoms with E-state index in [1.54, 1.807) is 34.4 Å². The lowest BCUT2D eigenvalue weighted by molar-refractivity contribution is -0.121. The average Bonchev–Trinajstić information content (AvgIpc) is 0.825. The molecule has 0 bridgehead atoms. The van der Waals surface area contributed by atoms with Crippen LogP contribution in [0.25, 0.3) is 0 Å². The number of ketones is 1. The number of benzene rings is 5. The van der Waals surface area contributed by atoms with Crippen LogP contribution in [-0.4, -0.2) is 179 Å². The standard InChI is InChI=1S/C23H29N3O.C20H24N2.C16H23N3O.C10H17NO3.C3H6ClNO/c1-24(2)22(27)26-17-14-23(20-10-6-7-11-21(20)26)12-15-25(16-13-23)18-19-8-4-3-5-9-19;1-2-6-17(7-3-1)16-22-14-11-20(12-15-22)10-13-21-19-9-5-4-8-18(19)20;1-18(2)15(20)19-12-9-16(7-10-17-11-8-16)13-5-3-4-6-14(13)19;1-10(2,3)14-9(13)11-6-4-8(12)5-7-11;1-5(2)3(4)6/h3-11H,12-18H2,1-2H3;1-9,21H,10-16H2;3-6,17H,7-12H2,1-2H3;4-7H2,1-3H3;1-2H3. The Morgan fingerprint density at radius 1 is 0.483 bits per heavy atom. The van der Waals surface area contributed by atoms with Gasteiger partial charge in [0.25, 0.3) is 0 Å². The second-order valence-electron chi connectivity index (χ2n) is 26.7. The van der Waals surface area contributed by atoms with Crippen molar-refractivity contribution in [2.45, 2.75) is 126 Å². The molecule has 0 radical (unpaired) electrons. The average molecular weight is 1240 g/mol. The predicted molar refractivity (Wildman–Crippen MR) is 361 cm³/mol. The first kappa shape index (κ1) is 67.9. The molecule has 4 saturated heterocycles. The van der Waals surface area contributed by atoms with Crippen LogP contribution in [0.4, 0.5) is 36.2 Å². The Labute approximate surface area is 535 Å². The Morgan fingerprint density at radius 2 is 0.854 bits per heavy atom. The number of halogens is 1. The van der Waals surface area contributed by atoms with Crippen LogP contribution in [0.5, 0.6) is 0 Å². The molecule has 0 atom stereocenters. The maximum Gasteiger partial charge on any atom is 0.410 e. The molecule has 2 N–H and O–H groups in total. The third-order valence-electron chi connectivity index (χ3n) is 18.8. The highest BCUT2D eigenvalue weighted by molar-refractivity contribution is 6.62. The van der Waals surface area contributed by atoms with Crippen molar-refractivity contribution in [2.24, 2.45) is 0 Å². The van der Waals surface area contributed by atoms with E-state index in [9.17, 15) is 24.0 Å². The molecule has 0 aromatic heterocycles. The molecule has 0 aliphatic carbocycles. The molecule has 5 aromatic rings.